The molecule has 0 N–H and O–H groups in total. The summed E-state index contributed by atoms with van der Waals surface area (Å²) in [6.07, 6.45) is 4.43. The Morgan fingerprint density at radius 1 is 1.27 bits per heavy atom. The molecular formula is C18H27FN2O. The minimum absolute atomic E-state index is 0.0557. The Morgan fingerprint density at radius 2 is 1.91 bits per heavy atom. The van der Waals surface area contributed by atoms with Crippen LogP contribution in [0.15, 0.2) is 24.3 Å². The smallest absolute Gasteiger partial charge is 0.239 e. The minimum atomic E-state index is -0.236. The van der Waals surface area contributed by atoms with E-state index in [4.69, 9.17) is 0 Å². The highest BCUT2D eigenvalue weighted by Crippen LogP contribution is 2.16. The molecule has 1 amide bonds. The topological polar surface area (TPSA) is 23.6 Å². The van der Waals surface area contributed by atoms with E-state index in [-0.39, 0.29) is 17.8 Å². The van der Waals surface area contributed by atoms with Crippen molar-refractivity contribution in [1.29, 1.82) is 0 Å². The molecule has 0 bridgehead atoms. The fourth-order valence-corrected chi connectivity index (χ4v) is 2.98. The largest absolute Gasteiger partial charge is 0.337 e. The number of hydrogen-bond acceptors (Lipinski definition) is 2. The van der Waals surface area contributed by atoms with Gasteiger partial charge in [-0.1, -0.05) is 25.5 Å². The summed E-state index contributed by atoms with van der Waals surface area (Å²) < 4.78 is 13.0. The Kier molecular flexibility index (Phi) is 6.37. The average molecular weight is 306 g/mol. The lowest BCUT2D eigenvalue weighted by molar-refractivity contribution is -0.136. The van der Waals surface area contributed by atoms with Crippen LogP contribution in [0.1, 0.15) is 45.1 Å². The van der Waals surface area contributed by atoms with Crippen molar-refractivity contribution in [1.82, 2.24) is 9.80 Å². The van der Waals surface area contributed by atoms with Gasteiger partial charge in [-0.2, -0.15) is 0 Å². The number of likely N-dealkylation sites (tertiary alicyclic amines) is 1. The van der Waals surface area contributed by atoms with Gasteiger partial charge < -0.3 is 4.90 Å². The van der Waals surface area contributed by atoms with Crippen LogP contribution in [0.25, 0.3) is 0 Å². The number of benzene rings is 1. The summed E-state index contributed by atoms with van der Waals surface area (Å²) in [7, 11) is 0. The second-order valence-corrected chi connectivity index (χ2v) is 6.16. The van der Waals surface area contributed by atoms with Gasteiger partial charge >= 0.3 is 0 Å². The highest BCUT2D eigenvalue weighted by molar-refractivity contribution is 5.81. The van der Waals surface area contributed by atoms with E-state index >= 15 is 0 Å². The molecule has 1 unspecified atom stereocenters. The van der Waals surface area contributed by atoms with E-state index in [0.717, 1.165) is 38.0 Å². The Hall–Kier alpha value is -1.42. The van der Waals surface area contributed by atoms with Crippen molar-refractivity contribution in [2.75, 3.05) is 19.6 Å². The Labute approximate surface area is 133 Å². The number of unbranched alkanes of at least 4 members (excludes halogenated alkanes) is 1. The van der Waals surface area contributed by atoms with E-state index < -0.39 is 0 Å². The first kappa shape index (κ1) is 16.9. The zero-order valence-corrected chi connectivity index (χ0v) is 13.7. The van der Waals surface area contributed by atoms with Crippen molar-refractivity contribution in [2.24, 2.45) is 0 Å². The predicted molar refractivity (Wildman–Crippen MR) is 87.0 cm³/mol. The summed E-state index contributed by atoms with van der Waals surface area (Å²) in [6, 6.07) is 6.40. The van der Waals surface area contributed by atoms with Gasteiger partial charge in [-0.3, -0.25) is 9.69 Å². The van der Waals surface area contributed by atoms with E-state index in [1.807, 2.05) is 11.8 Å². The maximum atomic E-state index is 13.0. The first-order chi connectivity index (χ1) is 10.6. The van der Waals surface area contributed by atoms with Crippen LogP contribution in [0.4, 0.5) is 4.39 Å². The van der Waals surface area contributed by atoms with E-state index in [2.05, 4.69) is 11.8 Å². The summed E-state index contributed by atoms with van der Waals surface area (Å²) in [5, 5.41) is 0. The molecule has 1 aromatic rings. The van der Waals surface area contributed by atoms with Crippen molar-refractivity contribution < 1.29 is 9.18 Å². The van der Waals surface area contributed by atoms with Crippen LogP contribution in [0, 0.1) is 5.82 Å². The number of nitrogens with zero attached hydrogens (tertiary/aromatic N) is 2. The summed E-state index contributed by atoms with van der Waals surface area (Å²) in [6.45, 7) is 7.51. The van der Waals surface area contributed by atoms with Gasteiger partial charge in [-0.15, -0.1) is 0 Å². The Morgan fingerprint density at radius 3 is 2.50 bits per heavy atom. The molecule has 1 fully saturated rings. The normalized spacial score (nSPS) is 16.7. The van der Waals surface area contributed by atoms with Crippen LogP contribution < -0.4 is 0 Å². The molecular weight excluding hydrogens is 279 g/mol. The Bertz CT molecular complexity index is 468. The maximum Gasteiger partial charge on any atom is 0.239 e. The number of carbonyl (C=O) groups excluding carboxylic acids is 1. The molecule has 1 heterocycles. The van der Waals surface area contributed by atoms with Crippen molar-refractivity contribution in [3.05, 3.63) is 35.6 Å². The fraction of sp³-hybridized carbons (Fsp3) is 0.611. The molecule has 122 valence electrons. The van der Waals surface area contributed by atoms with Crippen molar-refractivity contribution in [2.45, 2.75) is 52.1 Å². The van der Waals surface area contributed by atoms with Crippen LogP contribution >= 0.6 is 0 Å². The van der Waals surface area contributed by atoms with Crippen molar-refractivity contribution >= 4 is 5.91 Å². The number of rotatable bonds is 7. The second kappa shape index (κ2) is 8.28. The van der Waals surface area contributed by atoms with Crippen molar-refractivity contribution in [3.8, 4) is 0 Å². The molecule has 0 saturated carbocycles. The lowest BCUT2D eigenvalue weighted by atomic mass is 10.1. The van der Waals surface area contributed by atoms with Gasteiger partial charge in [-0.25, -0.2) is 4.39 Å². The van der Waals surface area contributed by atoms with E-state index in [1.54, 1.807) is 12.1 Å². The number of hydrogen-bond donors (Lipinski definition) is 0. The van der Waals surface area contributed by atoms with Crippen molar-refractivity contribution in [3.63, 3.8) is 0 Å². The van der Waals surface area contributed by atoms with E-state index in [1.165, 1.54) is 25.0 Å². The first-order valence-corrected chi connectivity index (χ1v) is 8.39. The molecule has 2 rings (SSSR count). The monoisotopic (exact) mass is 306 g/mol. The summed E-state index contributed by atoms with van der Waals surface area (Å²) >= 11 is 0. The van der Waals surface area contributed by atoms with Gasteiger partial charge in [0.25, 0.3) is 0 Å². The van der Waals surface area contributed by atoms with E-state index in [0.29, 0.717) is 6.54 Å². The number of carbonyl (C=O) groups is 1. The van der Waals surface area contributed by atoms with Gasteiger partial charge in [0.05, 0.1) is 6.04 Å². The lowest BCUT2D eigenvalue weighted by Crippen LogP contribution is -2.46. The molecule has 0 radical (unpaired) electrons. The van der Waals surface area contributed by atoms with Crippen LogP contribution in [0.2, 0.25) is 0 Å². The van der Waals surface area contributed by atoms with Crippen LogP contribution in [-0.4, -0.2) is 41.4 Å². The van der Waals surface area contributed by atoms with Gasteiger partial charge in [0.15, 0.2) is 0 Å². The molecule has 1 aliphatic heterocycles. The summed E-state index contributed by atoms with van der Waals surface area (Å²) in [4.78, 5) is 17.0. The highest BCUT2D eigenvalue weighted by atomic mass is 19.1. The second-order valence-electron chi connectivity index (χ2n) is 6.16. The standard InChI is InChI=1S/C18H27FN2O/c1-3-4-11-21(14-16-7-9-17(19)10-8-16)18(22)15(2)20-12-5-6-13-20/h7-10,15H,3-6,11-14H2,1-2H3. The third-order valence-corrected chi connectivity index (χ3v) is 4.43. The van der Waals surface area contributed by atoms with Gasteiger partial charge in [0, 0.05) is 13.1 Å². The maximum absolute atomic E-state index is 13.0. The molecule has 1 aromatic carbocycles. The lowest BCUT2D eigenvalue weighted by Gasteiger charge is -2.30. The van der Waals surface area contributed by atoms with Gasteiger partial charge in [0.1, 0.15) is 5.82 Å². The fourth-order valence-electron chi connectivity index (χ4n) is 2.98. The van der Waals surface area contributed by atoms with Gasteiger partial charge in [0.2, 0.25) is 5.91 Å². The zero-order valence-electron chi connectivity index (χ0n) is 13.7. The van der Waals surface area contributed by atoms with Gasteiger partial charge in [-0.05, 0) is 57.0 Å². The molecule has 0 spiro atoms. The third-order valence-electron chi connectivity index (χ3n) is 4.43. The zero-order chi connectivity index (χ0) is 15.9. The molecule has 3 nitrogen and oxygen atoms in total. The van der Waals surface area contributed by atoms with Crippen LogP contribution in [-0.2, 0) is 11.3 Å². The molecule has 1 aliphatic rings. The summed E-state index contributed by atoms with van der Waals surface area (Å²) in [5.74, 6) is -0.0414. The quantitative estimate of drug-likeness (QED) is 0.770. The SMILES string of the molecule is CCCCN(Cc1ccc(F)cc1)C(=O)C(C)N1CCCC1. The Balaban J connectivity index is 2.03. The van der Waals surface area contributed by atoms with E-state index in [9.17, 15) is 9.18 Å². The van der Waals surface area contributed by atoms with Crippen LogP contribution in [0.5, 0.6) is 0 Å². The average Bonchev–Trinajstić information content (AvgIpc) is 3.06. The molecule has 1 saturated heterocycles. The third kappa shape index (κ3) is 4.54. The minimum Gasteiger partial charge on any atom is -0.337 e. The number of halogens is 1. The molecule has 4 heteroatoms. The molecule has 0 aliphatic carbocycles. The molecule has 22 heavy (non-hydrogen) atoms. The highest BCUT2D eigenvalue weighted by Gasteiger charge is 2.27. The first-order valence-electron chi connectivity index (χ1n) is 8.39. The molecule has 1 atom stereocenters. The number of amides is 1. The molecule has 0 aromatic heterocycles. The predicted octanol–water partition coefficient (Wildman–Crippen LogP) is 3.44. The van der Waals surface area contributed by atoms with Crippen LogP contribution in [0.3, 0.4) is 0 Å². The summed E-state index contributed by atoms with van der Waals surface area (Å²) in [5.41, 5.74) is 0.986.